The first-order chi connectivity index (χ1) is 8.66. The van der Waals surface area contributed by atoms with Gasteiger partial charge in [-0.1, -0.05) is 34.1 Å². The second-order valence-corrected chi connectivity index (χ2v) is 4.53. The number of hydrogen-bond acceptors (Lipinski definition) is 2. The Bertz CT molecular complexity index is 504. The van der Waals surface area contributed by atoms with Gasteiger partial charge in [-0.25, -0.2) is 4.79 Å². The predicted octanol–water partition coefficient (Wildman–Crippen LogP) is 2.60. The molecular formula is C11H9BrF3NO3. The van der Waals surface area contributed by atoms with Gasteiger partial charge < -0.3 is 10.0 Å². The van der Waals surface area contributed by atoms with Crippen LogP contribution in [-0.4, -0.2) is 35.1 Å². The molecule has 104 valence electrons. The van der Waals surface area contributed by atoms with E-state index in [1.54, 1.807) is 6.07 Å². The molecule has 0 aliphatic carbocycles. The number of nitrogens with zero attached hydrogens (tertiary/aromatic N) is 1. The Kier molecular flexibility index (Phi) is 4.56. The minimum atomic E-state index is -5.12. The highest BCUT2D eigenvalue weighted by Gasteiger charge is 2.45. The van der Waals surface area contributed by atoms with Crippen LogP contribution >= 0.6 is 15.9 Å². The van der Waals surface area contributed by atoms with Crippen molar-refractivity contribution in [3.05, 3.63) is 34.3 Å². The Morgan fingerprint density at radius 3 is 2.26 bits per heavy atom. The summed E-state index contributed by atoms with van der Waals surface area (Å²) in [6, 6.07) is 4.16. The average Bonchev–Trinajstić information content (AvgIpc) is 2.29. The van der Waals surface area contributed by atoms with Gasteiger partial charge in [-0.3, -0.25) is 4.79 Å². The third-order valence-electron chi connectivity index (χ3n) is 2.38. The Morgan fingerprint density at radius 1 is 1.32 bits per heavy atom. The van der Waals surface area contributed by atoms with Crippen molar-refractivity contribution in [3.63, 3.8) is 0 Å². The molecule has 1 rings (SSSR count). The summed E-state index contributed by atoms with van der Waals surface area (Å²) >= 11 is 3.05. The fourth-order valence-corrected chi connectivity index (χ4v) is 2.02. The van der Waals surface area contributed by atoms with Gasteiger partial charge in [-0.2, -0.15) is 13.2 Å². The maximum atomic E-state index is 12.3. The van der Waals surface area contributed by atoms with Gasteiger partial charge in [0.05, 0.1) is 0 Å². The molecule has 0 bridgehead atoms. The van der Waals surface area contributed by atoms with Crippen LogP contribution in [0.1, 0.15) is 11.6 Å². The molecule has 8 heteroatoms. The number of carbonyl (C=O) groups excluding carboxylic acids is 1. The zero-order chi connectivity index (χ0) is 14.8. The lowest BCUT2D eigenvalue weighted by Crippen LogP contribution is -2.43. The van der Waals surface area contributed by atoms with E-state index in [0.717, 1.165) is 7.05 Å². The molecule has 1 amide bonds. The van der Waals surface area contributed by atoms with Crippen LogP contribution in [0.5, 0.6) is 0 Å². The van der Waals surface area contributed by atoms with E-state index in [2.05, 4.69) is 15.9 Å². The first-order valence-electron chi connectivity index (χ1n) is 4.97. The first kappa shape index (κ1) is 15.5. The summed E-state index contributed by atoms with van der Waals surface area (Å²) < 4.78 is 37.3. The molecule has 0 saturated heterocycles. The van der Waals surface area contributed by atoms with Crippen LogP contribution in [0.25, 0.3) is 0 Å². The molecule has 1 aromatic rings. The Balaban J connectivity index is 3.20. The minimum Gasteiger partial charge on any atom is -0.479 e. The van der Waals surface area contributed by atoms with E-state index in [0.29, 0.717) is 4.47 Å². The molecule has 1 N–H and O–H groups in total. The van der Waals surface area contributed by atoms with Crippen molar-refractivity contribution < 1.29 is 27.9 Å². The average molecular weight is 340 g/mol. The molecule has 0 spiro atoms. The zero-order valence-corrected chi connectivity index (χ0v) is 11.2. The Morgan fingerprint density at radius 2 is 1.84 bits per heavy atom. The van der Waals surface area contributed by atoms with Crippen LogP contribution in [0.4, 0.5) is 13.2 Å². The summed E-state index contributed by atoms with van der Waals surface area (Å²) in [5.41, 5.74) is 0.0649. The van der Waals surface area contributed by atoms with Crippen molar-refractivity contribution in [2.24, 2.45) is 0 Å². The molecular weight excluding hydrogens is 331 g/mol. The highest BCUT2D eigenvalue weighted by molar-refractivity contribution is 9.10. The molecule has 1 unspecified atom stereocenters. The second-order valence-electron chi connectivity index (χ2n) is 3.68. The first-order valence-corrected chi connectivity index (χ1v) is 5.76. The molecule has 0 heterocycles. The molecule has 1 aromatic carbocycles. The molecule has 1 atom stereocenters. The molecule has 0 saturated carbocycles. The molecule has 4 nitrogen and oxygen atoms in total. The van der Waals surface area contributed by atoms with E-state index < -0.39 is 24.1 Å². The summed E-state index contributed by atoms with van der Waals surface area (Å²) in [5.74, 6) is -3.76. The topological polar surface area (TPSA) is 57.6 Å². The van der Waals surface area contributed by atoms with E-state index in [4.69, 9.17) is 5.11 Å². The molecule has 0 aromatic heterocycles. The van der Waals surface area contributed by atoms with Crippen LogP contribution in [0.2, 0.25) is 0 Å². The third kappa shape index (κ3) is 3.46. The fraction of sp³-hybridized carbons (Fsp3) is 0.273. The zero-order valence-electron chi connectivity index (χ0n) is 9.61. The van der Waals surface area contributed by atoms with Crippen LogP contribution in [0.3, 0.4) is 0 Å². The molecule has 0 radical (unpaired) electrons. The second kappa shape index (κ2) is 5.60. The summed E-state index contributed by atoms with van der Waals surface area (Å²) in [5, 5.41) is 9.05. The third-order valence-corrected chi connectivity index (χ3v) is 3.11. The quantitative estimate of drug-likeness (QED) is 0.920. The summed E-state index contributed by atoms with van der Waals surface area (Å²) in [6.07, 6.45) is -5.12. The standard InChI is InChI=1S/C11H9BrF3NO3/c1-16(10(19)11(13,14)15)8(9(17)18)6-4-2-3-5-7(6)12/h2-5,8H,1H3,(H,17,18). The number of benzene rings is 1. The number of carboxylic acid groups (broad SMARTS) is 1. The number of carboxylic acids is 1. The van der Waals surface area contributed by atoms with E-state index in [1.165, 1.54) is 18.2 Å². The summed E-state index contributed by atoms with van der Waals surface area (Å²) in [6.45, 7) is 0. The van der Waals surface area contributed by atoms with Gasteiger partial charge in [0.25, 0.3) is 0 Å². The monoisotopic (exact) mass is 339 g/mol. The maximum absolute atomic E-state index is 12.3. The van der Waals surface area contributed by atoms with Crippen LogP contribution in [0.15, 0.2) is 28.7 Å². The van der Waals surface area contributed by atoms with Crippen molar-refractivity contribution in [3.8, 4) is 0 Å². The lowest BCUT2D eigenvalue weighted by atomic mass is 10.1. The molecule has 19 heavy (non-hydrogen) atoms. The van der Waals surface area contributed by atoms with Crippen molar-refractivity contribution in [2.45, 2.75) is 12.2 Å². The number of hydrogen-bond donors (Lipinski definition) is 1. The maximum Gasteiger partial charge on any atom is 0.471 e. The molecule has 0 aliphatic heterocycles. The van der Waals surface area contributed by atoms with Gasteiger partial charge in [-0.05, 0) is 6.07 Å². The van der Waals surface area contributed by atoms with Gasteiger partial charge in [0.15, 0.2) is 6.04 Å². The summed E-state index contributed by atoms with van der Waals surface area (Å²) in [7, 11) is 0.800. The van der Waals surface area contributed by atoms with Crippen LogP contribution in [-0.2, 0) is 9.59 Å². The van der Waals surface area contributed by atoms with E-state index in [-0.39, 0.29) is 10.5 Å². The van der Waals surface area contributed by atoms with Gasteiger partial charge >= 0.3 is 18.1 Å². The van der Waals surface area contributed by atoms with Crippen molar-refractivity contribution in [1.82, 2.24) is 4.90 Å². The highest BCUT2D eigenvalue weighted by Crippen LogP contribution is 2.30. The molecule has 0 fully saturated rings. The van der Waals surface area contributed by atoms with Crippen molar-refractivity contribution >= 4 is 27.8 Å². The number of amides is 1. The van der Waals surface area contributed by atoms with E-state index >= 15 is 0 Å². The summed E-state index contributed by atoms with van der Waals surface area (Å²) in [4.78, 5) is 22.4. The number of rotatable bonds is 3. The number of alkyl halides is 3. The van der Waals surface area contributed by atoms with Gasteiger partial charge in [-0.15, -0.1) is 0 Å². The normalized spacial score (nSPS) is 12.9. The largest absolute Gasteiger partial charge is 0.479 e. The van der Waals surface area contributed by atoms with E-state index in [9.17, 15) is 22.8 Å². The fourth-order valence-electron chi connectivity index (χ4n) is 1.52. The SMILES string of the molecule is CN(C(=O)C(F)(F)F)C(C(=O)O)c1ccccc1Br. The lowest BCUT2D eigenvalue weighted by molar-refractivity contribution is -0.188. The van der Waals surface area contributed by atoms with Gasteiger partial charge in [0.1, 0.15) is 0 Å². The highest BCUT2D eigenvalue weighted by atomic mass is 79.9. The smallest absolute Gasteiger partial charge is 0.471 e. The number of likely N-dealkylation sites (N-methyl/N-ethyl adjacent to an activating group) is 1. The lowest BCUT2D eigenvalue weighted by Gasteiger charge is -2.26. The van der Waals surface area contributed by atoms with Gasteiger partial charge in [0, 0.05) is 17.1 Å². The van der Waals surface area contributed by atoms with Crippen molar-refractivity contribution in [2.75, 3.05) is 7.05 Å². The van der Waals surface area contributed by atoms with Crippen LogP contribution in [0, 0.1) is 0 Å². The number of carbonyl (C=O) groups is 2. The van der Waals surface area contributed by atoms with Crippen molar-refractivity contribution in [1.29, 1.82) is 0 Å². The number of aliphatic carboxylic acids is 1. The Labute approximate surface area is 114 Å². The Hall–Kier alpha value is -1.57. The van der Waals surface area contributed by atoms with Crippen LogP contribution < -0.4 is 0 Å². The minimum absolute atomic E-state index is 0.0649. The predicted molar refractivity (Wildman–Crippen MR) is 63.3 cm³/mol. The number of halogens is 4. The molecule has 0 aliphatic rings. The van der Waals surface area contributed by atoms with E-state index in [1.807, 2.05) is 0 Å². The van der Waals surface area contributed by atoms with Gasteiger partial charge in [0.2, 0.25) is 0 Å².